The van der Waals surface area contributed by atoms with Gasteiger partial charge in [0.15, 0.2) is 0 Å². The van der Waals surface area contributed by atoms with E-state index >= 15 is 0 Å². The minimum atomic E-state index is 0.0114. The van der Waals surface area contributed by atoms with Crippen molar-refractivity contribution in [3.05, 3.63) is 48.3 Å². The molecule has 2 aromatic rings. The largest absolute Gasteiger partial charge is 0.337 e. The topological polar surface area (TPSA) is 74.8 Å². The van der Waals surface area contributed by atoms with E-state index in [-0.39, 0.29) is 11.9 Å². The average Bonchev–Trinajstić information content (AvgIpc) is 3.13. The van der Waals surface area contributed by atoms with E-state index < -0.39 is 0 Å². The second-order valence-corrected chi connectivity index (χ2v) is 5.78. The molecule has 1 amide bonds. The third-order valence-electron chi connectivity index (χ3n) is 4.29. The maximum absolute atomic E-state index is 12.8. The molecule has 1 atom stereocenters. The van der Waals surface area contributed by atoms with Gasteiger partial charge in [0.1, 0.15) is 11.8 Å². The summed E-state index contributed by atoms with van der Waals surface area (Å²) >= 11 is 0. The molecule has 1 saturated heterocycles. The van der Waals surface area contributed by atoms with Crippen LogP contribution in [0.1, 0.15) is 41.7 Å². The second kappa shape index (κ2) is 7.05. The summed E-state index contributed by atoms with van der Waals surface area (Å²) in [6, 6.07) is 5.50. The number of carbonyl (C=O) groups is 1. The lowest BCUT2D eigenvalue weighted by atomic mass is 9.98. The van der Waals surface area contributed by atoms with Gasteiger partial charge in [-0.25, -0.2) is 9.97 Å². The smallest absolute Gasteiger partial charge is 0.255 e. The van der Waals surface area contributed by atoms with E-state index in [4.69, 9.17) is 5.26 Å². The number of piperidine rings is 1. The van der Waals surface area contributed by atoms with Crippen LogP contribution in [-0.2, 0) is 6.54 Å². The van der Waals surface area contributed by atoms with Gasteiger partial charge in [-0.3, -0.25) is 4.79 Å². The van der Waals surface area contributed by atoms with Crippen molar-refractivity contribution in [2.75, 3.05) is 6.54 Å². The quantitative estimate of drug-likeness (QED) is 0.868. The predicted octanol–water partition coefficient (Wildman–Crippen LogP) is 2.23. The van der Waals surface area contributed by atoms with E-state index in [1.807, 2.05) is 21.7 Å². The molecule has 0 saturated carbocycles. The van der Waals surface area contributed by atoms with E-state index in [0.29, 0.717) is 11.3 Å². The first-order valence-corrected chi connectivity index (χ1v) is 7.91. The molecule has 1 aliphatic rings. The maximum atomic E-state index is 12.8. The Morgan fingerprint density at radius 1 is 1.39 bits per heavy atom. The standard InChI is InChI=1S/C17H19N5O/c18-11-15-5-4-14(12-20-15)17(23)22-8-2-1-3-16(22)6-9-21-10-7-19-13-21/h4-5,7,10,12-13,16H,1-3,6,8-9H2/t16-/m1/s1. The molecule has 1 fully saturated rings. The Morgan fingerprint density at radius 2 is 2.30 bits per heavy atom. The van der Waals surface area contributed by atoms with E-state index in [1.54, 1.807) is 24.7 Å². The Hall–Kier alpha value is -2.68. The first-order valence-electron chi connectivity index (χ1n) is 7.91. The maximum Gasteiger partial charge on any atom is 0.255 e. The van der Waals surface area contributed by atoms with Gasteiger partial charge in [0.25, 0.3) is 5.91 Å². The molecule has 0 aliphatic carbocycles. The number of rotatable bonds is 4. The zero-order valence-corrected chi connectivity index (χ0v) is 12.9. The molecule has 0 spiro atoms. The van der Waals surface area contributed by atoms with Crippen LogP contribution in [0.2, 0.25) is 0 Å². The highest BCUT2D eigenvalue weighted by Gasteiger charge is 2.27. The number of carbonyl (C=O) groups excluding carboxylic acids is 1. The lowest BCUT2D eigenvalue weighted by Crippen LogP contribution is -2.44. The zero-order valence-electron chi connectivity index (χ0n) is 12.9. The summed E-state index contributed by atoms with van der Waals surface area (Å²) in [5.74, 6) is 0.0114. The third kappa shape index (κ3) is 3.57. The zero-order chi connectivity index (χ0) is 16.1. The molecular weight excluding hydrogens is 290 g/mol. The Labute approximate surface area is 135 Å². The molecule has 3 rings (SSSR count). The fourth-order valence-corrected chi connectivity index (χ4v) is 3.04. The third-order valence-corrected chi connectivity index (χ3v) is 4.29. The van der Waals surface area contributed by atoms with Crippen molar-refractivity contribution in [3.8, 4) is 6.07 Å². The number of hydrogen-bond donors (Lipinski definition) is 0. The number of imidazole rings is 1. The Morgan fingerprint density at radius 3 is 3.00 bits per heavy atom. The van der Waals surface area contributed by atoms with Crippen LogP contribution < -0.4 is 0 Å². The normalized spacial score (nSPS) is 17.7. The molecule has 118 valence electrons. The van der Waals surface area contributed by atoms with Gasteiger partial charge in [-0.2, -0.15) is 5.26 Å². The fraction of sp³-hybridized carbons (Fsp3) is 0.412. The Balaban J connectivity index is 1.69. The van der Waals surface area contributed by atoms with Crippen LogP contribution in [0.15, 0.2) is 37.1 Å². The lowest BCUT2D eigenvalue weighted by molar-refractivity contribution is 0.0595. The van der Waals surface area contributed by atoms with Crippen molar-refractivity contribution in [2.24, 2.45) is 0 Å². The van der Waals surface area contributed by atoms with E-state index in [0.717, 1.165) is 38.8 Å². The predicted molar refractivity (Wildman–Crippen MR) is 84.5 cm³/mol. The highest BCUT2D eigenvalue weighted by molar-refractivity contribution is 5.94. The van der Waals surface area contributed by atoms with Crippen LogP contribution in [0.5, 0.6) is 0 Å². The van der Waals surface area contributed by atoms with E-state index in [2.05, 4.69) is 9.97 Å². The number of amides is 1. The van der Waals surface area contributed by atoms with Crippen molar-refractivity contribution in [2.45, 2.75) is 38.3 Å². The SMILES string of the molecule is N#Cc1ccc(C(=O)N2CCCC[C@@H]2CCn2ccnc2)cn1. The molecule has 3 heterocycles. The Bertz CT molecular complexity index is 687. The molecule has 1 aliphatic heterocycles. The Kier molecular flexibility index (Phi) is 4.67. The second-order valence-electron chi connectivity index (χ2n) is 5.78. The van der Waals surface area contributed by atoms with Gasteiger partial charge in [0, 0.05) is 37.7 Å². The first-order chi connectivity index (χ1) is 11.3. The molecule has 0 unspecified atom stereocenters. The number of nitrogens with zero attached hydrogens (tertiary/aromatic N) is 5. The highest BCUT2D eigenvalue weighted by atomic mass is 16.2. The van der Waals surface area contributed by atoms with Gasteiger partial charge in [0.05, 0.1) is 11.9 Å². The van der Waals surface area contributed by atoms with Crippen LogP contribution >= 0.6 is 0 Å². The average molecular weight is 309 g/mol. The van der Waals surface area contributed by atoms with E-state index in [1.165, 1.54) is 6.20 Å². The summed E-state index contributed by atoms with van der Waals surface area (Å²) in [4.78, 5) is 22.8. The van der Waals surface area contributed by atoms with Gasteiger partial charge >= 0.3 is 0 Å². The molecule has 2 aromatic heterocycles. The number of aryl methyl sites for hydroxylation is 1. The number of aromatic nitrogens is 3. The van der Waals surface area contributed by atoms with Crippen molar-refractivity contribution in [1.29, 1.82) is 5.26 Å². The number of likely N-dealkylation sites (tertiary alicyclic amines) is 1. The summed E-state index contributed by atoms with van der Waals surface area (Å²) in [7, 11) is 0. The highest BCUT2D eigenvalue weighted by Crippen LogP contribution is 2.22. The van der Waals surface area contributed by atoms with Gasteiger partial charge in [-0.15, -0.1) is 0 Å². The van der Waals surface area contributed by atoms with Gasteiger partial charge < -0.3 is 9.47 Å². The van der Waals surface area contributed by atoms with Crippen molar-refractivity contribution >= 4 is 5.91 Å². The van der Waals surface area contributed by atoms with E-state index in [9.17, 15) is 4.79 Å². The van der Waals surface area contributed by atoms with Crippen molar-refractivity contribution < 1.29 is 4.79 Å². The van der Waals surface area contributed by atoms with Crippen LogP contribution in [0.3, 0.4) is 0 Å². The molecule has 6 heteroatoms. The minimum Gasteiger partial charge on any atom is -0.337 e. The molecule has 6 nitrogen and oxygen atoms in total. The van der Waals surface area contributed by atoms with Crippen LogP contribution in [0.25, 0.3) is 0 Å². The minimum absolute atomic E-state index is 0.0114. The number of pyridine rings is 1. The summed E-state index contributed by atoms with van der Waals surface area (Å²) in [6.45, 7) is 1.65. The van der Waals surface area contributed by atoms with Crippen LogP contribution in [0.4, 0.5) is 0 Å². The molecular formula is C17H19N5O. The van der Waals surface area contributed by atoms with Crippen LogP contribution in [0, 0.1) is 11.3 Å². The summed E-state index contributed by atoms with van der Waals surface area (Å²) in [5.41, 5.74) is 0.885. The lowest BCUT2D eigenvalue weighted by Gasteiger charge is -2.36. The number of nitriles is 1. The monoisotopic (exact) mass is 309 g/mol. The molecule has 0 bridgehead atoms. The molecule has 23 heavy (non-hydrogen) atoms. The summed E-state index contributed by atoms with van der Waals surface area (Å²) < 4.78 is 2.04. The summed E-state index contributed by atoms with van der Waals surface area (Å²) in [6.07, 6.45) is 11.2. The van der Waals surface area contributed by atoms with Crippen molar-refractivity contribution in [3.63, 3.8) is 0 Å². The molecule has 0 aromatic carbocycles. The van der Waals surface area contributed by atoms with Gasteiger partial charge in [-0.1, -0.05) is 0 Å². The fourth-order valence-electron chi connectivity index (χ4n) is 3.04. The van der Waals surface area contributed by atoms with Crippen LogP contribution in [-0.4, -0.2) is 37.9 Å². The van der Waals surface area contributed by atoms with Crippen molar-refractivity contribution in [1.82, 2.24) is 19.4 Å². The first kappa shape index (κ1) is 15.2. The van der Waals surface area contributed by atoms with Gasteiger partial charge in [0.2, 0.25) is 0 Å². The molecule has 0 N–H and O–H groups in total. The number of hydrogen-bond acceptors (Lipinski definition) is 4. The molecule has 0 radical (unpaired) electrons. The summed E-state index contributed by atoms with van der Waals surface area (Å²) in [5, 5.41) is 8.80. The van der Waals surface area contributed by atoms with Gasteiger partial charge in [-0.05, 0) is 37.8 Å².